The molecule has 0 bridgehead atoms. The topological polar surface area (TPSA) is 51.2 Å². The number of carbonyl (C=O) groups excluding carboxylic acids is 1. The van der Waals surface area contributed by atoms with E-state index in [2.05, 4.69) is 10.3 Å². The number of anilines is 1. The van der Waals surface area contributed by atoms with Gasteiger partial charge in [0, 0.05) is 0 Å². The molecule has 0 saturated heterocycles. The van der Waals surface area contributed by atoms with E-state index >= 15 is 0 Å². The lowest BCUT2D eigenvalue weighted by Crippen LogP contribution is -2.13. The number of amides is 1. The Hall–Kier alpha value is -1.29. The van der Waals surface area contributed by atoms with Gasteiger partial charge in [-0.15, -0.1) is 0 Å². The third kappa shape index (κ3) is 2.64. The van der Waals surface area contributed by atoms with Crippen LogP contribution in [0.25, 0.3) is 0 Å². The summed E-state index contributed by atoms with van der Waals surface area (Å²) in [6, 6.07) is 3.31. The molecule has 1 saturated carbocycles. The molecular formula is C11H13ClN2O2. The first kappa shape index (κ1) is 11.2. The molecule has 1 aromatic rings. The van der Waals surface area contributed by atoms with Crippen LogP contribution >= 0.6 is 11.6 Å². The van der Waals surface area contributed by atoms with E-state index in [9.17, 15) is 4.79 Å². The summed E-state index contributed by atoms with van der Waals surface area (Å²) < 4.78 is 5.72. The van der Waals surface area contributed by atoms with Gasteiger partial charge in [-0.3, -0.25) is 4.79 Å². The monoisotopic (exact) mass is 240 g/mol. The van der Waals surface area contributed by atoms with Gasteiger partial charge in [0.1, 0.15) is 16.9 Å². The van der Waals surface area contributed by atoms with Gasteiger partial charge in [0.2, 0.25) is 12.3 Å². The molecular weight excluding hydrogens is 228 g/mol. The maximum Gasteiger partial charge on any atom is 0.239 e. The largest absolute Gasteiger partial charge is 0.473 e. The number of pyridine rings is 1. The number of hydrogen-bond acceptors (Lipinski definition) is 3. The molecule has 0 atom stereocenters. The lowest BCUT2D eigenvalue weighted by atomic mass is 10.3. The van der Waals surface area contributed by atoms with Crippen LogP contribution in [0.1, 0.15) is 25.7 Å². The van der Waals surface area contributed by atoms with Gasteiger partial charge in [0.05, 0.1) is 0 Å². The fourth-order valence-corrected chi connectivity index (χ4v) is 1.98. The van der Waals surface area contributed by atoms with E-state index in [-0.39, 0.29) is 6.10 Å². The van der Waals surface area contributed by atoms with Crippen molar-refractivity contribution in [2.24, 2.45) is 0 Å². The number of aromatic nitrogens is 1. The Morgan fingerprint density at radius 1 is 1.44 bits per heavy atom. The molecule has 0 unspecified atom stereocenters. The normalized spacial score (nSPS) is 16.1. The lowest BCUT2D eigenvalue weighted by Gasteiger charge is -2.14. The van der Waals surface area contributed by atoms with Crippen molar-refractivity contribution in [2.75, 3.05) is 5.32 Å². The van der Waals surface area contributed by atoms with Gasteiger partial charge < -0.3 is 10.1 Å². The summed E-state index contributed by atoms with van der Waals surface area (Å²) >= 11 is 5.80. The number of halogens is 1. The molecule has 1 heterocycles. The molecule has 16 heavy (non-hydrogen) atoms. The number of ether oxygens (including phenoxy) is 1. The Labute approximate surface area is 99.0 Å². The molecule has 1 aromatic heterocycles. The van der Waals surface area contributed by atoms with E-state index in [1.807, 2.05) is 0 Å². The van der Waals surface area contributed by atoms with E-state index in [0.29, 0.717) is 23.1 Å². The van der Waals surface area contributed by atoms with Crippen LogP contribution in [0, 0.1) is 0 Å². The van der Waals surface area contributed by atoms with Crippen LogP contribution in [0.3, 0.4) is 0 Å². The summed E-state index contributed by atoms with van der Waals surface area (Å²) in [6.45, 7) is 0. The van der Waals surface area contributed by atoms with Crippen molar-refractivity contribution >= 4 is 23.7 Å². The zero-order valence-corrected chi connectivity index (χ0v) is 9.54. The van der Waals surface area contributed by atoms with E-state index < -0.39 is 0 Å². The minimum absolute atomic E-state index is 0.193. The number of nitrogens with one attached hydrogen (secondary N) is 1. The molecule has 0 radical (unpaired) electrons. The van der Waals surface area contributed by atoms with Crippen LogP contribution in [0.4, 0.5) is 5.69 Å². The number of nitrogens with zero attached hydrogens (tertiary/aromatic N) is 1. The third-order valence-electron chi connectivity index (χ3n) is 2.62. The molecule has 1 aliphatic carbocycles. The highest BCUT2D eigenvalue weighted by Crippen LogP contribution is 2.29. The van der Waals surface area contributed by atoms with Crippen molar-refractivity contribution < 1.29 is 9.53 Å². The van der Waals surface area contributed by atoms with Gasteiger partial charge in [-0.05, 0) is 37.8 Å². The zero-order valence-electron chi connectivity index (χ0n) is 8.78. The first-order valence-corrected chi connectivity index (χ1v) is 5.71. The lowest BCUT2D eigenvalue weighted by molar-refractivity contribution is -0.105. The Bertz CT molecular complexity index is 378. The molecule has 0 aromatic carbocycles. The van der Waals surface area contributed by atoms with Crippen molar-refractivity contribution in [3.8, 4) is 5.88 Å². The minimum atomic E-state index is 0.193. The van der Waals surface area contributed by atoms with Crippen LogP contribution in [-0.4, -0.2) is 17.5 Å². The average Bonchev–Trinajstić information content (AvgIpc) is 2.75. The Morgan fingerprint density at radius 3 is 2.88 bits per heavy atom. The number of hydrogen-bond donors (Lipinski definition) is 1. The smallest absolute Gasteiger partial charge is 0.239 e. The van der Waals surface area contributed by atoms with Gasteiger partial charge in [-0.25, -0.2) is 0 Å². The highest BCUT2D eigenvalue weighted by Gasteiger charge is 2.18. The summed E-state index contributed by atoms with van der Waals surface area (Å²) in [5.41, 5.74) is 0.561. The minimum Gasteiger partial charge on any atom is -0.473 e. The Kier molecular flexibility index (Phi) is 3.62. The molecule has 0 spiro atoms. The molecule has 86 valence electrons. The van der Waals surface area contributed by atoms with Crippen LogP contribution in [0.15, 0.2) is 12.1 Å². The Morgan fingerprint density at radius 2 is 2.19 bits per heavy atom. The maximum atomic E-state index is 10.4. The second-order valence-corrected chi connectivity index (χ2v) is 4.16. The molecule has 1 fully saturated rings. The fourth-order valence-electron chi connectivity index (χ4n) is 1.85. The van der Waals surface area contributed by atoms with E-state index in [1.54, 1.807) is 12.1 Å². The van der Waals surface area contributed by atoms with Gasteiger partial charge in [-0.2, -0.15) is 4.98 Å². The van der Waals surface area contributed by atoms with Gasteiger partial charge in [0.15, 0.2) is 0 Å². The van der Waals surface area contributed by atoms with Gasteiger partial charge in [-0.1, -0.05) is 11.6 Å². The van der Waals surface area contributed by atoms with E-state index in [1.165, 1.54) is 12.8 Å². The summed E-state index contributed by atoms with van der Waals surface area (Å²) in [4.78, 5) is 14.5. The summed E-state index contributed by atoms with van der Waals surface area (Å²) in [7, 11) is 0. The highest BCUT2D eigenvalue weighted by atomic mass is 35.5. The Balaban J connectivity index is 2.15. The summed E-state index contributed by atoms with van der Waals surface area (Å²) in [6.07, 6.45) is 5.23. The van der Waals surface area contributed by atoms with Crippen molar-refractivity contribution in [3.63, 3.8) is 0 Å². The molecule has 5 heteroatoms. The second kappa shape index (κ2) is 5.16. The molecule has 1 amide bonds. The van der Waals surface area contributed by atoms with E-state index in [0.717, 1.165) is 12.8 Å². The van der Waals surface area contributed by atoms with Crippen LogP contribution in [0.5, 0.6) is 5.88 Å². The fraction of sp³-hybridized carbons (Fsp3) is 0.455. The van der Waals surface area contributed by atoms with Crippen LogP contribution in [0.2, 0.25) is 5.15 Å². The molecule has 1 aliphatic rings. The standard InChI is InChI=1S/C11H13ClN2O2/c12-10-6-5-9(13-7-15)11(14-10)16-8-3-1-2-4-8/h5-8H,1-4H2,(H,13,15). The predicted octanol–water partition coefficient (Wildman–Crippen LogP) is 2.62. The summed E-state index contributed by atoms with van der Waals surface area (Å²) in [5.74, 6) is 0.409. The molecule has 2 rings (SSSR count). The second-order valence-electron chi connectivity index (χ2n) is 3.77. The zero-order chi connectivity index (χ0) is 11.4. The first-order chi connectivity index (χ1) is 7.79. The summed E-state index contributed by atoms with van der Waals surface area (Å²) in [5, 5.41) is 2.92. The quantitative estimate of drug-likeness (QED) is 0.650. The van der Waals surface area contributed by atoms with Crippen molar-refractivity contribution in [1.29, 1.82) is 0 Å². The van der Waals surface area contributed by atoms with Gasteiger partial charge in [0.25, 0.3) is 0 Å². The third-order valence-corrected chi connectivity index (χ3v) is 2.83. The molecule has 1 N–H and O–H groups in total. The van der Waals surface area contributed by atoms with Crippen LogP contribution in [-0.2, 0) is 4.79 Å². The van der Waals surface area contributed by atoms with Gasteiger partial charge >= 0.3 is 0 Å². The first-order valence-electron chi connectivity index (χ1n) is 5.33. The van der Waals surface area contributed by atoms with Crippen molar-refractivity contribution in [2.45, 2.75) is 31.8 Å². The highest BCUT2D eigenvalue weighted by molar-refractivity contribution is 6.29. The SMILES string of the molecule is O=CNc1ccc(Cl)nc1OC1CCCC1. The molecule has 4 nitrogen and oxygen atoms in total. The number of carbonyl (C=O) groups is 1. The van der Waals surface area contributed by atoms with Crippen molar-refractivity contribution in [3.05, 3.63) is 17.3 Å². The molecule has 0 aliphatic heterocycles. The van der Waals surface area contributed by atoms with E-state index in [4.69, 9.17) is 16.3 Å². The predicted molar refractivity (Wildman–Crippen MR) is 61.8 cm³/mol. The maximum absolute atomic E-state index is 10.4. The average molecular weight is 241 g/mol. The van der Waals surface area contributed by atoms with Crippen molar-refractivity contribution in [1.82, 2.24) is 4.98 Å². The number of rotatable bonds is 4. The van der Waals surface area contributed by atoms with Crippen LogP contribution < -0.4 is 10.1 Å².